The number of amides is 2. The molecule has 0 fully saturated rings. The van der Waals surface area contributed by atoms with Crippen molar-refractivity contribution in [3.05, 3.63) is 59.4 Å². The van der Waals surface area contributed by atoms with Crippen molar-refractivity contribution in [2.45, 2.75) is 4.90 Å². The van der Waals surface area contributed by atoms with Crippen LogP contribution in [-0.4, -0.2) is 24.2 Å². The van der Waals surface area contributed by atoms with Gasteiger partial charge in [0.05, 0.1) is 5.75 Å². The third kappa shape index (κ3) is 6.47. The molecular weight excluding hydrogens is 355 g/mol. The molecule has 0 spiro atoms. The van der Waals surface area contributed by atoms with Gasteiger partial charge in [-0.2, -0.15) is 0 Å². The first-order valence-electron chi connectivity index (χ1n) is 6.87. The SMILES string of the molecule is O=C(COc1ccc(Cl)cc1)NNC(=O)CSc1ccc(F)cc1. The molecule has 126 valence electrons. The van der Waals surface area contributed by atoms with Gasteiger partial charge in [0.1, 0.15) is 11.6 Å². The number of halogens is 2. The van der Waals surface area contributed by atoms with E-state index in [-0.39, 0.29) is 24.1 Å². The third-order valence-corrected chi connectivity index (χ3v) is 3.97. The maximum absolute atomic E-state index is 12.8. The van der Waals surface area contributed by atoms with E-state index >= 15 is 0 Å². The lowest BCUT2D eigenvalue weighted by Crippen LogP contribution is -2.44. The minimum Gasteiger partial charge on any atom is -0.484 e. The smallest absolute Gasteiger partial charge is 0.276 e. The number of hydrazine groups is 1. The van der Waals surface area contributed by atoms with Gasteiger partial charge < -0.3 is 4.74 Å². The van der Waals surface area contributed by atoms with Gasteiger partial charge in [-0.15, -0.1) is 11.8 Å². The number of thioether (sulfide) groups is 1. The quantitative estimate of drug-likeness (QED) is 0.607. The average molecular weight is 369 g/mol. The Bertz CT molecular complexity index is 634. The van der Waals surface area contributed by atoms with Crippen LogP contribution in [0.4, 0.5) is 4.39 Å². The van der Waals surface area contributed by atoms with Crippen molar-refractivity contribution in [3.63, 3.8) is 0 Å². The molecule has 2 amide bonds. The van der Waals surface area contributed by atoms with Crippen LogP contribution in [0.15, 0.2) is 53.4 Å². The number of benzene rings is 2. The molecule has 0 saturated carbocycles. The van der Waals surface area contributed by atoms with Gasteiger partial charge in [0, 0.05) is 9.92 Å². The standard InChI is InChI=1S/C16H14ClFN2O3S/c17-11-1-5-13(6-2-11)23-9-15(21)19-20-16(22)10-24-14-7-3-12(18)4-8-14/h1-8H,9-10H2,(H,19,21)(H,20,22). The lowest BCUT2D eigenvalue weighted by molar-refractivity contribution is -0.128. The van der Waals surface area contributed by atoms with Crippen LogP contribution in [-0.2, 0) is 9.59 Å². The molecule has 0 aliphatic heterocycles. The fourth-order valence-corrected chi connectivity index (χ4v) is 2.40. The second-order valence-electron chi connectivity index (χ2n) is 4.58. The Morgan fingerprint density at radius 1 is 1.00 bits per heavy atom. The average Bonchev–Trinajstić information content (AvgIpc) is 2.59. The first-order valence-corrected chi connectivity index (χ1v) is 8.24. The summed E-state index contributed by atoms with van der Waals surface area (Å²) in [7, 11) is 0. The molecule has 2 rings (SSSR count). The van der Waals surface area contributed by atoms with Crippen molar-refractivity contribution in [3.8, 4) is 5.75 Å². The van der Waals surface area contributed by atoms with Crippen LogP contribution in [0.5, 0.6) is 5.75 Å². The molecule has 2 aromatic rings. The minimum atomic E-state index is -0.495. The summed E-state index contributed by atoms with van der Waals surface area (Å²) >= 11 is 6.96. The second kappa shape index (κ2) is 9.14. The Hall–Kier alpha value is -2.25. The lowest BCUT2D eigenvalue weighted by atomic mass is 10.3. The van der Waals surface area contributed by atoms with E-state index in [2.05, 4.69) is 10.9 Å². The third-order valence-electron chi connectivity index (χ3n) is 2.71. The van der Waals surface area contributed by atoms with E-state index in [0.717, 1.165) is 4.90 Å². The van der Waals surface area contributed by atoms with E-state index in [4.69, 9.17) is 16.3 Å². The number of carbonyl (C=O) groups excluding carboxylic acids is 2. The number of ether oxygens (including phenoxy) is 1. The Kier molecular flexibility index (Phi) is 6.89. The second-order valence-corrected chi connectivity index (χ2v) is 6.07. The van der Waals surface area contributed by atoms with Crippen molar-refractivity contribution >= 4 is 35.2 Å². The van der Waals surface area contributed by atoms with Gasteiger partial charge in [-0.3, -0.25) is 20.4 Å². The van der Waals surface area contributed by atoms with Gasteiger partial charge in [-0.25, -0.2) is 4.39 Å². The molecule has 0 aliphatic rings. The Morgan fingerprint density at radius 2 is 1.62 bits per heavy atom. The van der Waals surface area contributed by atoms with Crippen molar-refractivity contribution in [1.29, 1.82) is 0 Å². The van der Waals surface area contributed by atoms with Crippen molar-refractivity contribution in [1.82, 2.24) is 10.9 Å². The highest BCUT2D eigenvalue weighted by Gasteiger charge is 2.06. The van der Waals surface area contributed by atoms with E-state index in [1.54, 1.807) is 36.4 Å². The molecule has 0 unspecified atom stereocenters. The number of hydrogen-bond donors (Lipinski definition) is 2. The highest BCUT2D eigenvalue weighted by Crippen LogP contribution is 2.17. The summed E-state index contributed by atoms with van der Waals surface area (Å²) < 4.78 is 18.0. The van der Waals surface area contributed by atoms with Crippen LogP contribution < -0.4 is 15.6 Å². The van der Waals surface area contributed by atoms with Crippen LogP contribution in [0.25, 0.3) is 0 Å². The molecule has 2 N–H and O–H groups in total. The van der Waals surface area contributed by atoms with E-state index in [9.17, 15) is 14.0 Å². The first kappa shape index (κ1) is 18.1. The maximum Gasteiger partial charge on any atom is 0.276 e. The van der Waals surface area contributed by atoms with Gasteiger partial charge in [0.15, 0.2) is 6.61 Å². The number of carbonyl (C=O) groups is 2. The molecule has 8 heteroatoms. The summed E-state index contributed by atoms with van der Waals surface area (Å²) in [4.78, 5) is 24.0. The van der Waals surface area contributed by atoms with Crippen molar-refractivity contribution in [2.24, 2.45) is 0 Å². The van der Waals surface area contributed by atoms with E-state index in [0.29, 0.717) is 10.8 Å². The Labute approximate surface area is 147 Å². The normalized spacial score (nSPS) is 10.1. The summed E-state index contributed by atoms with van der Waals surface area (Å²) in [5.74, 6) is -0.636. The predicted molar refractivity (Wildman–Crippen MR) is 90.4 cm³/mol. The van der Waals surface area contributed by atoms with Crippen LogP contribution >= 0.6 is 23.4 Å². The Morgan fingerprint density at radius 3 is 2.29 bits per heavy atom. The zero-order chi connectivity index (χ0) is 17.4. The summed E-state index contributed by atoms with van der Waals surface area (Å²) in [5, 5.41) is 0.567. The van der Waals surface area contributed by atoms with Crippen molar-refractivity contribution < 1.29 is 18.7 Å². The van der Waals surface area contributed by atoms with Gasteiger partial charge >= 0.3 is 0 Å². The highest BCUT2D eigenvalue weighted by molar-refractivity contribution is 8.00. The van der Waals surface area contributed by atoms with Gasteiger partial charge in [-0.05, 0) is 48.5 Å². The maximum atomic E-state index is 12.8. The molecule has 0 aromatic heterocycles. The van der Waals surface area contributed by atoms with E-state index in [1.807, 2.05) is 0 Å². The van der Waals surface area contributed by atoms with Gasteiger partial charge in [-0.1, -0.05) is 11.6 Å². The zero-order valence-electron chi connectivity index (χ0n) is 12.4. The van der Waals surface area contributed by atoms with Crippen LogP contribution in [0.3, 0.4) is 0 Å². The number of hydrogen-bond acceptors (Lipinski definition) is 4. The number of nitrogens with one attached hydrogen (secondary N) is 2. The molecule has 0 heterocycles. The summed E-state index contributed by atoms with van der Waals surface area (Å²) in [6.45, 7) is -0.243. The van der Waals surface area contributed by atoms with Gasteiger partial charge in [0.25, 0.3) is 5.91 Å². The van der Waals surface area contributed by atoms with Gasteiger partial charge in [0.2, 0.25) is 5.91 Å². The molecular formula is C16H14ClFN2O3S. The molecule has 24 heavy (non-hydrogen) atoms. The summed E-state index contributed by atoms with van der Waals surface area (Å²) in [5.41, 5.74) is 4.52. The minimum absolute atomic E-state index is 0.0873. The lowest BCUT2D eigenvalue weighted by Gasteiger charge is -2.09. The topological polar surface area (TPSA) is 67.4 Å². The number of rotatable bonds is 6. The monoisotopic (exact) mass is 368 g/mol. The molecule has 5 nitrogen and oxygen atoms in total. The molecule has 0 atom stereocenters. The summed E-state index contributed by atoms with van der Waals surface area (Å²) in [6.07, 6.45) is 0. The van der Waals surface area contributed by atoms with Crippen LogP contribution in [0.1, 0.15) is 0 Å². The molecule has 0 radical (unpaired) electrons. The molecule has 2 aromatic carbocycles. The molecule has 0 bridgehead atoms. The van der Waals surface area contributed by atoms with Crippen LogP contribution in [0, 0.1) is 5.82 Å². The fraction of sp³-hybridized carbons (Fsp3) is 0.125. The summed E-state index contributed by atoms with van der Waals surface area (Å²) in [6, 6.07) is 12.3. The molecule has 0 saturated heterocycles. The fourth-order valence-electron chi connectivity index (χ4n) is 1.57. The zero-order valence-corrected chi connectivity index (χ0v) is 14.0. The highest BCUT2D eigenvalue weighted by atomic mass is 35.5. The van der Waals surface area contributed by atoms with E-state index in [1.165, 1.54) is 23.9 Å². The largest absolute Gasteiger partial charge is 0.484 e. The first-order chi connectivity index (χ1) is 11.5. The van der Waals surface area contributed by atoms with E-state index < -0.39 is 5.91 Å². The van der Waals surface area contributed by atoms with Crippen molar-refractivity contribution in [2.75, 3.05) is 12.4 Å². The Balaban J connectivity index is 1.64. The molecule has 0 aliphatic carbocycles. The predicted octanol–water partition coefficient (Wildman–Crippen LogP) is 2.80. The van der Waals surface area contributed by atoms with Crippen LogP contribution in [0.2, 0.25) is 5.02 Å².